The van der Waals surface area contributed by atoms with E-state index in [9.17, 15) is 14.7 Å². The Kier molecular flexibility index (Phi) is 4.67. The lowest BCUT2D eigenvalue weighted by atomic mass is 9.82. The molecule has 0 bridgehead atoms. The molecule has 1 aromatic carbocycles. The molecule has 3 rings (SSSR count). The highest BCUT2D eigenvalue weighted by atomic mass is 35.5. The molecule has 6 heteroatoms. The van der Waals surface area contributed by atoms with Crippen molar-refractivity contribution in [2.24, 2.45) is 5.41 Å². The zero-order chi connectivity index (χ0) is 19.1. The van der Waals surface area contributed by atoms with Crippen LogP contribution in [-0.2, 0) is 16.1 Å². The van der Waals surface area contributed by atoms with E-state index in [0.717, 1.165) is 0 Å². The van der Waals surface area contributed by atoms with Crippen molar-refractivity contribution in [3.63, 3.8) is 0 Å². The summed E-state index contributed by atoms with van der Waals surface area (Å²) < 4.78 is 5.35. The number of carbonyl (C=O) groups is 2. The molecule has 0 aliphatic carbocycles. The number of hydrogen-bond acceptors (Lipinski definition) is 4. The molecule has 1 amide bonds. The Morgan fingerprint density at radius 3 is 2.42 bits per heavy atom. The van der Waals surface area contributed by atoms with E-state index in [1.165, 1.54) is 11.2 Å². The number of ketones is 1. The van der Waals surface area contributed by atoms with Gasteiger partial charge in [0.25, 0.3) is 5.91 Å². The summed E-state index contributed by atoms with van der Waals surface area (Å²) in [6.07, 6.45) is 1.52. The second-order valence-corrected chi connectivity index (χ2v) is 7.74. The minimum Gasteiger partial charge on any atom is -0.503 e. The normalized spacial score (nSPS) is 17.9. The SMILES string of the molecule is CC(C)(C)C(=O)C1=C(O)C(=O)N(Cc2ccco2)C1c1ccc(Cl)cc1. The number of aliphatic hydroxyl groups excluding tert-OH is 1. The van der Waals surface area contributed by atoms with Gasteiger partial charge in [0, 0.05) is 10.4 Å². The average molecular weight is 374 g/mol. The molecule has 1 N–H and O–H groups in total. The molecule has 1 unspecified atom stereocenters. The van der Waals surface area contributed by atoms with Gasteiger partial charge in [-0.25, -0.2) is 0 Å². The average Bonchev–Trinajstić information content (AvgIpc) is 3.17. The van der Waals surface area contributed by atoms with Gasteiger partial charge >= 0.3 is 0 Å². The maximum atomic E-state index is 13.0. The zero-order valence-corrected chi connectivity index (χ0v) is 15.6. The van der Waals surface area contributed by atoms with Crippen LogP contribution in [0.25, 0.3) is 0 Å². The topological polar surface area (TPSA) is 70.8 Å². The number of halogens is 1. The van der Waals surface area contributed by atoms with Crippen molar-refractivity contribution in [3.05, 3.63) is 70.3 Å². The van der Waals surface area contributed by atoms with Gasteiger partial charge < -0.3 is 14.4 Å². The van der Waals surface area contributed by atoms with E-state index in [2.05, 4.69) is 0 Å². The summed E-state index contributed by atoms with van der Waals surface area (Å²) in [5, 5.41) is 11.0. The van der Waals surface area contributed by atoms with E-state index < -0.39 is 23.1 Å². The monoisotopic (exact) mass is 373 g/mol. The third-order valence-electron chi connectivity index (χ3n) is 4.32. The number of carbonyl (C=O) groups excluding carboxylic acids is 2. The fourth-order valence-electron chi connectivity index (χ4n) is 3.01. The van der Waals surface area contributed by atoms with Gasteiger partial charge in [0.05, 0.1) is 24.4 Å². The van der Waals surface area contributed by atoms with Gasteiger partial charge in [-0.05, 0) is 29.8 Å². The Morgan fingerprint density at radius 1 is 1.23 bits per heavy atom. The lowest BCUT2D eigenvalue weighted by molar-refractivity contribution is -0.130. The molecule has 0 radical (unpaired) electrons. The van der Waals surface area contributed by atoms with Crippen molar-refractivity contribution >= 4 is 23.3 Å². The summed E-state index contributed by atoms with van der Waals surface area (Å²) in [4.78, 5) is 27.1. The molecular weight excluding hydrogens is 354 g/mol. The molecule has 0 saturated carbocycles. The lowest BCUT2D eigenvalue weighted by Gasteiger charge is -2.28. The summed E-state index contributed by atoms with van der Waals surface area (Å²) in [6, 6.07) is 9.67. The first-order valence-corrected chi connectivity index (χ1v) is 8.64. The van der Waals surface area contributed by atoms with E-state index in [4.69, 9.17) is 16.0 Å². The van der Waals surface area contributed by atoms with Crippen LogP contribution in [0.5, 0.6) is 0 Å². The predicted molar refractivity (Wildman–Crippen MR) is 97.6 cm³/mol. The fourth-order valence-corrected chi connectivity index (χ4v) is 3.14. The minimum atomic E-state index is -0.741. The molecule has 136 valence electrons. The number of hydrogen-bond donors (Lipinski definition) is 1. The van der Waals surface area contributed by atoms with Crippen molar-refractivity contribution in [2.45, 2.75) is 33.4 Å². The number of Topliss-reactive ketones (excluding diaryl/α,β-unsaturated/α-hetero) is 1. The highest BCUT2D eigenvalue weighted by Gasteiger charge is 2.46. The fraction of sp³-hybridized carbons (Fsp3) is 0.300. The standard InChI is InChI=1S/C20H20ClNO4/c1-20(2,3)18(24)15-16(12-6-8-13(21)9-7-12)22(19(25)17(15)23)11-14-5-4-10-26-14/h4-10,16,23H,11H2,1-3H3. The Balaban J connectivity index is 2.09. The Labute approximate surface area is 156 Å². The van der Waals surface area contributed by atoms with Gasteiger partial charge in [-0.3, -0.25) is 9.59 Å². The number of amides is 1. The molecule has 26 heavy (non-hydrogen) atoms. The highest BCUT2D eigenvalue weighted by molar-refractivity contribution is 6.30. The van der Waals surface area contributed by atoms with Gasteiger partial charge in [-0.2, -0.15) is 0 Å². The van der Waals surface area contributed by atoms with Crippen LogP contribution in [-0.4, -0.2) is 21.7 Å². The lowest BCUT2D eigenvalue weighted by Crippen LogP contribution is -2.32. The van der Waals surface area contributed by atoms with Crippen molar-refractivity contribution in [2.75, 3.05) is 0 Å². The number of nitrogens with zero attached hydrogens (tertiary/aromatic N) is 1. The van der Waals surface area contributed by atoms with Crippen LogP contribution in [0.2, 0.25) is 5.02 Å². The summed E-state index contributed by atoms with van der Waals surface area (Å²) in [5.74, 6) is -0.801. The number of benzene rings is 1. The molecule has 5 nitrogen and oxygen atoms in total. The second-order valence-electron chi connectivity index (χ2n) is 7.31. The van der Waals surface area contributed by atoms with Gasteiger partial charge in [0.2, 0.25) is 0 Å². The molecule has 1 aliphatic rings. The molecule has 1 aliphatic heterocycles. The van der Waals surface area contributed by atoms with Crippen LogP contribution in [0, 0.1) is 5.41 Å². The summed E-state index contributed by atoms with van der Waals surface area (Å²) in [5.41, 5.74) is 0.0666. The smallest absolute Gasteiger partial charge is 0.290 e. The van der Waals surface area contributed by atoms with Crippen LogP contribution >= 0.6 is 11.6 Å². The zero-order valence-electron chi connectivity index (χ0n) is 14.8. The first-order chi connectivity index (χ1) is 12.2. The van der Waals surface area contributed by atoms with E-state index in [1.54, 1.807) is 57.2 Å². The number of furan rings is 1. The first-order valence-electron chi connectivity index (χ1n) is 8.27. The Morgan fingerprint density at radius 2 is 1.88 bits per heavy atom. The van der Waals surface area contributed by atoms with Gasteiger partial charge in [-0.15, -0.1) is 0 Å². The van der Waals surface area contributed by atoms with Crippen LogP contribution in [0.3, 0.4) is 0 Å². The van der Waals surface area contributed by atoms with Crippen molar-refractivity contribution in [3.8, 4) is 0 Å². The molecule has 2 aromatic rings. The molecular formula is C20H20ClNO4. The largest absolute Gasteiger partial charge is 0.503 e. The second kappa shape index (κ2) is 6.65. The number of rotatable bonds is 4. The maximum Gasteiger partial charge on any atom is 0.290 e. The Bertz CT molecular complexity index is 860. The van der Waals surface area contributed by atoms with Gasteiger partial charge in [0.15, 0.2) is 11.5 Å². The highest BCUT2D eigenvalue weighted by Crippen LogP contribution is 2.41. The predicted octanol–water partition coefficient (Wildman–Crippen LogP) is 4.44. The molecule has 0 spiro atoms. The van der Waals surface area contributed by atoms with Crippen LogP contribution in [0.4, 0.5) is 0 Å². The minimum absolute atomic E-state index is 0.108. The molecule has 1 atom stereocenters. The molecule has 0 fully saturated rings. The summed E-state index contributed by atoms with van der Waals surface area (Å²) >= 11 is 5.97. The number of aliphatic hydroxyl groups is 1. The van der Waals surface area contributed by atoms with Crippen molar-refractivity contribution in [1.29, 1.82) is 0 Å². The van der Waals surface area contributed by atoms with Crippen molar-refractivity contribution < 1.29 is 19.1 Å². The first kappa shape index (κ1) is 18.3. The van der Waals surface area contributed by atoms with Gasteiger partial charge in [-0.1, -0.05) is 44.5 Å². The summed E-state index contributed by atoms with van der Waals surface area (Å²) in [7, 11) is 0. The van der Waals surface area contributed by atoms with Gasteiger partial charge in [0.1, 0.15) is 5.76 Å². The van der Waals surface area contributed by atoms with Crippen molar-refractivity contribution in [1.82, 2.24) is 4.90 Å². The van der Waals surface area contributed by atoms with Crippen LogP contribution < -0.4 is 0 Å². The molecule has 0 saturated heterocycles. The van der Waals surface area contributed by atoms with E-state index >= 15 is 0 Å². The van der Waals surface area contributed by atoms with E-state index in [1.807, 2.05) is 0 Å². The maximum absolute atomic E-state index is 13.0. The molecule has 1 aromatic heterocycles. The van der Waals surface area contributed by atoms with E-state index in [-0.39, 0.29) is 17.9 Å². The Hall–Kier alpha value is -2.53. The third kappa shape index (κ3) is 3.27. The van der Waals surface area contributed by atoms with Crippen LogP contribution in [0.1, 0.15) is 38.1 Å². The molecule has 2 heterocycles. The quantitative estimate of drug-likeness (QED) is 0.859. The summed E-state index contributed by atoms with van der Waals surface area (Å²) in [6.45, 7) is 5.42. The van der Waals surface area contributed by atoms with Crippen LogP contribution in [0.15, 0.2) is 58.4 Å². The van der Waals surface area contributed by atoms with E-state index in [0.29, 0.717) is 16.3 Å². The third-order valence-corrected chi connectivity index (χ3v) is 4.57.